The van der Waals surface area contributed by atoms with E-state index in [4.69, 9.17) is 4.42 Å². The summed E-state index contributed by atoms with van der Waals surface area (Å²) in [7, 11) is 0. The Morgan fingerprint density at radius 1 is 1.42 bits per heavy atom. The van der Waals surface area contributed by atoms with Gasteiger partial charge in [0.25, 0.3) is 0 Å². The van der Waals surface area contributed by atoms with Crippen LogP contribution >= 0.6 is 24.0 Å². The molecule has 0 amide bonds. The van der Waals surface area contributed by atoms with Crippen molar-refractivity contribution in [3.63, 3.8) is 0 Å². The van der Waals surface area contributed by atoms with Gasteiger partial charge in [0.1, 0.15) is 11.4 Å². The second kappa shape index (κ2) is 11.8. The lowest BCUT2D eigenvalue weighted by molar-refractivity contribution is 0.0437. The molecule has 0 radical (unpaired) electrons. The Morgan fingerprint density at radius 2 is 2.23 bits per heavy atom. The van der Waals surface area contributed by atoms with Crippen molar-refractivity contribution in [2.75, 3.05) is 32.7 Å². The number of guanidine groups is 1. The Hall–Kier alpha value is -0.800. The predicted octanol–water partition coefficient (Wildman–Crippen LogP) is 2.92. The molecule has 2 atom stereocenters. The van der Waals surface area contributed by atoms with E-state index in [9.17, 15) is 5.11 Å². The minimum atomic E-state index is -1.10. The van der Waals surface area contributed by atoms with Gasteiger partial charge in [-0.3, -0.25) is 0 Å². The fourth-order valence-corrected chi connectivity index (χ4v) is 3.22. The molecule has 1 aromatic rings. The molecule has 1 aliphatic heterocycles. The van der Waals surface area contributed by atoms with Crippen LogP contribution in [0.4, 0.5) is 0 Å². The molecule has 1 saturated heterocycles. The first kappa shape index (κ1) is 23.2. The molecular weight excluding hydrogens is 443 g/mol. The first-order chi connectivity index (χ1) is 12.0. The number of halogens is 1. The molecule has 7 heteroatoms. The fraction of sp³-hybridized carbons (Fsp3) is 0.737. The molecule has 1 aromatic heterocycles. The van der Waals surface area contributed by atoms with E-state index in [2.05, 4.69) is 27.4 Å². The Labute approximate surface area is 174 Å². The van der Waals surface area contributed by atoms with Gasteiger partial charge in [-0.15, -0.1) is 24.0 Å². The Balaban J connectivity index is 0.00000338. The molecule has 0 aromatic carbocycles. The Bertz CT molecular complexity index is 520. The highest BCUT2D eigenvalue weighted by Gasteiger charge is 2.26. The van der Waals surface area contributed by atoms with Gasteiger partial charge in [-0.2, -0.15) is 0 Å². The van der Waals surface area contributed by atoms with Gasteiger partial charge in [-0.1, -0.05) is 6.42 Å². The maximum Gasteiger partial charge on any atom is 0.191 e. The lowest BCUT2D eigenvalue weighted by atomic mass is 10.0. The highest BCUT2D eigenvalue weighted by Crippen LogP contribution is 2.21. The number of aliphatic hydroxyl groups is 1. The van der Waals surface area contributed by atoms with E-state index in [1.165, 1.54) is 25.8 Å². The molecule has 2 rings (SSSR count). The van der Waals surface area contributed by atoms with Crippen LogP contribution in [0, 0.1) is 0 Å². The van der Waals surface area contributed by atoms with E-state index in [-0.39, 0.29) is 30.5 Å². The highest BCUT2D eigenvalue weighted by molar-refractivity contribution is 14.0. The van der Waals surface area contributed by atoms with Gasteiger partial charge in [0.15, 0.2) is 5.96 Å². The summed E-state index contributed by atoms with van der Waals surface area (Å²) >= 11 is 0. The van der Waals surface area contributed by atoms with Crippen LogP contribution in [0.5, 0.6) is 0 Å². The maximum atomic E-state index is 10.5. The van der Waals surface area contributed by atoms with Crippen LogP contribution in [-0.4, -0.2) is 54.7 Å². The number of aliphatic imine (C=N–C) groups is 1. The number of nitrogens with one attached hydrogen (secondary N) is 2. The van der Waals surface area contributed by atoms with E-state index < -0.39 is 5.60 Å². The van der Waals surface area contributed by atoms with Crippen LogP contribution in [0.15, 0.2) is 27.8 Å². The lowest BCUT2D eigenvalue weighted by Gasteiger charge is -2.33. The topological polar surface area (TPSA) is 73.0 Å². The van der Waals surface area contributed by atoms with Crippen molar-refractivity contribution in [2.45, 2.75) is 58.1 Å². The van der Waals surface area contributed by atoms with Crippen molar-refractivity contribution in [1.82, 2.24) is 15.5 Å². The molecule has 6 nitrogen and oxygen atoms in total. The predicted molar refractivity (Wildman–Crippen MR) is 117 cm³/mol. The first-order valence-electron chi connectivity index (χ1n) is 9.55. The maximum absolute atomic E-state index is 10.5. The normalized spacial score (nSPS) is 20.9. The summed E-state index contributed by atoms with van der Waals surface area (Å²) in [5.41, 5.74) is -1.10. The van der Waals surface area contributed by atoms with Crippen LogP contribution in [0.2, 0.25) is 0 Å². The Kier molecular flexibility index (Phi) is 10.6. The number of rotatable bonds is 8. The molecule has 0 spiro atoms. The highest BCUT2D eigenvalue weighted by atomic mass is 127. The monoisotopic (exact) mass is 478 g/mol. The number of hydrogen-bond acceptors (Lipinski definition) is 4. The minimum absolute atomic E-state index is 0. The molecular formula is C19H35IN4O2. The van der Waals surface area contributed by atoms with E-state index in [1.54, 1.807) is 25.3 Å². The summed E-state index contributed by atoms with van der Waals surface area (Å²) in [6.07, 6.45) is 6.66. The van der Waals surface area contributed by atoms with Crippen LogP contribution in [-0.2, 0) is 5.60 Å². The smallest absolute Gasteiger partial charge is 0.191 e. The van der Waals surface area contributed by atoms with Crippen LogP contribution in [0.25, 0.3) is 0 Å². The molecule has 3 N–H and O–H groups in total. The quantitative estimate of drug-likeness (QED) is 0.232. The lowest BCUT2D eigenvalue weighted by Crippen LogP contribution is -2.42. The van der Waals surface area contributed by atoms with Gasteiger partial charge < -0.3 is 25.1 Å². The molecule has 0 saturated carbocycles. The zero-order valence-corrected chi connectivity index (χ0v) is 18.7. The SMILES string of the molecule is CCNC(=NCC(C)(O)c1ccco1)NCCCN1CCCCC1C.I. The molecule has 26 heavy (non-hydrogen) atoms. The summed E-state index contributed by atoms with van der Waals surface area (Å²) < 4.78 is 5.30. The minimum Gasteiger partial charge on any atom is -0.466 e. The zero-order valence-electron chi connectivity index (χ0n) is 16.3. The van der Waals surface area contributed by atoms with Crippen molar-refractivity contribution in [3.05, 3.63) is 24.2 Å². The standard InChI is InChI=1S/C19H34N4O2.HI/c1-4-20-18(22-15-19(3,24)17-10-7-14-25-17)21-11-8-13-23-12-6-5-9-16(23)2;/h7,10,14,16,24H,4-6,8-9,11-13,15H2,1-3H3,(H2,20,21,22);1H. The van der Waals surface area contributed by atoms with Crippen LogP contribution in [0.1, 0.15) is 52.2 Å². The summed E-state index contributed by atoms with van der Waals surface area (Å²) in [6.45, 7) is 10.3. The third kappa shape index (κ3) is 7.44. The molecule has 150 valence electrons. The summed E-state index contributed by atoms with van der Waals surface area (Å²) in [5.74, 6) is 1.27. The molecule has 1 aliphatic rings. The first-order valence-corrected chi connectivity index (χ1v) is 9.55. The van der Waals surface area contributed by atoms with E-state index in [0.717, 1.165) is 32.0 Å². The number of hydrogen-bond donors (Lipinski definition) is 3. The van der Waals surface area contributed by atoms with E-state index in [1.807, 2.05) is 6.92 Å². The number of likely N-dealkylation sites (tertiary alicyclic amines) is 1. The van der Waals surface area contributed by atoms with Crippen molar-refractivity contribution in [1.29, 1.82) is 0 Å². The van der Waals surface area contributed by atoms with Crippen molar-refractivity contribution in [3.8, 4) is 0 Å². The van der Waals surface area contributed by atoms with Crippen LogP contribution in [0.3, 0.4) is 0 Å². The third-order valence-electron chi connectivity index (χ3n) is 4.80. The average molecular weight is 478 g/mol. The number of furan rings is 1. The second-order valence-electron chi connectivity index (χ2n) is 7.11. The van der Waals surface area contributed by atoms with E-state index in [0.29, 0.717) is 11.8 Å². The van der Waals surface area contributed by atoms with Gasteiger partial charge in [-0.05, 0) is 58.7 Å². The van der Waals surface area contributed by atoms with Gasteiger partial charge in [0.2, 0.25) is 0 Å². The van der Waals surface area contributed by atoms with Crippen molar-refractivity contribution >= 4 is 29.9 Å². The molecule has 2 heterocycles. The second-order valence-corrected chi connectivity index (χ2v) is 7.11. The van der Waals surface area contributed by atoms with Gasteiger partial charge in [-0.25, -0.2) is 4.99 Å². The number of nitrogens with zero attached hydrogens (tertiary/aromatic N) is 2. The average Bonchev–Trinajstić information content (AvgIpc) is 3.13. The van der Waals surface area contributed by atoms with Crippen molar-refractivity contribution < 1.29 is 9.52 Å². The van der Waals surface area contributed by atoms with E-state index >= 15 is 0 Å². The number of piperidine rings is 1. The van der Waals surface area contributed by atoms with Gasteiger partial charge >= 0.3 is 0 Å². The largest absolute Gasteiger partial charge is 0.466 e. The van der Waals surface area contributed by atoms with Gasteiger partial charge in [0, 0.05) is 25.7 Å². The molecule has 0 aliphatic carbocycles. The summed E-state index contributed by atoms with van der Waals surface area (Å²) in [6, 6.07) is 4.26. The third-order valence-corrected chi connectivity index (χ3v) is 4.80. The molecule has 1 fully saturated rings. The fourth-order valence-electron chi connectivity index (χ4n) is 3.22. The van der Waals surface area contributed by atoms with Crippen LogP contribution < -0.4 is 10.6 Å². The zero-order chi connectivity index (χ0) is 18.1. The summed E-state index contributed by atoms with van der Waals surface area (Å²) in [4.78, 5) is 7.09. The Morgan fingerprint density at radius 3 is 2.88 bits per heavy atom. The summed E-state index contributed by atoms with van der Waals surface area (Å²) in [5, 5.41) is 17.1. The van der Waals surface area contributed by atoms with Gasteiger partial charge in [0.05, 0.1) is 12.8 Å². The molecule has 2 unspecified atom stereocenters. The molecule has 0 bridgehead atoms. The van der Waals surface area contributed by atoms with Crippen molar-refractivity contribution in [2.24, 2.45) is 4.99 Å².